The van der Waals surface area contributed by atoms with Crippen molar-refractivity contribution in [2.75, 3.05) is 18.5 Å². The molecule has 0 saturated carbocycles. The highest BCUT2D eigenvalue weighted by atomic mass is 32.2. The van der Waals surface area contributed by atoms with Crippen LogP contribution in [0.4, 0.5) is 5.69 Å². The molecule has 0 fully saturated rings. The highest BCUT2D eigenvalue weighted by Crippen LogP contribution is 2.28. The van der Waals surface area contributed by atoms with Gasteiger partial charge in [-0.1, -0.05) is 19.1 Å². The molecular formula is C12H18N2S. The second kappa shape index (κ2) is 4.45. The molecule has 1 aromatic rings. The Kier molecular flexibility index (Phi) is 3.22. The van der Waals surface area contributed by atoms with Gasteiger partial charge in [0.1, 0.15) is 0 Å². The van der Waals surface area contributed by atoms with E-state index in [0.717, 1.165) is 25.3 Å². The second-order valence-electron chi connectivity index (χ2n) is 4.20. The van der Waals surface area contributed by atoms with Crippen LogP contribution in [0, 0.1) is 0 Å². The van der Waals surface area contributed by atoms with Crippen LogP contribution in [0.3, 0.4) is 0 Å². The lowest BCUT2D eigenvalue weighted by Gasteiger charge is -2.18. The van der Waals surface area contributed by atoms with Crippen molar-refractivity contribution in [2.24, 2.45) is 0 Å². The number of nitrogens with zero attached hydrogens (tertiary/aromatic N) is 1. The third kappa shape index (κ3) is 2.29. The van der Waals surface area contributed by atoms with E-state index in [1.54, 1.807) is 0 Å². The van der Waals surface area contributed by atoms with Crippen LogP contribution in [0.15, 0.2) is 18.2 Å². The molecule has 3 heteroatoms. The quantitative estimate of drug-likeness (QED) is 0.796. The van der Waals surface area contributed by atoms with Gasteiger partial charge in [-0.25, -0.2) is 0 Å². The molecule has 1 aliphatic heterocycles. The maximum absolute atomic E-state index is 5.97. The predicted molar refractivity (Wildman–Crippen MR) is 67.9 cm³/mol. The second-order valence-corrected chi connectivity index (χ2v) is 5.48. The summed E-state index contributed by atoms with van der Waals surface area (Å²) in [7, 11) is 0. The molecule has 1 aromatic carbocycles. The molecule has 1 aliphatic rings. The summed E-state index contributed by atoms with van der Waals surface area (Å²) in [6.45, 7) is 5.50. The molecule has 0 aliphatic carbocycles. The van der Waals surface area contributed by atoms with Crippen LogP contribution in [0.2, 0.25) is 0 Å². The molecule has 2 N–H and O–H groups in total. The Morgan fingerprint density at radius 2 is 2.27 bits per heavy atom. The maximum Gasteiger partial charge on any atom is 0.0363 e. The number of anilines is 1. The van der Waals surface area contributed by atoms with E-state index in [9.17, 15) is 0 Å². The fourth-order valence-electron chi connectivity index (χ4n) is 2.08. The summed E-state index contributed by atoms with van der Waals surface area (Å²) in [6, 6.07) is 6.24. The van der Waals surface area contributed by atoms with Crippen molar-refractivity contribution in [3.8, 4) is 0 Å². The van der Waals surface area contributed by atoms with Gasteiger partial charge in [0.2, 0.25) is 0 Å². The van der Waals surface area contributed by atoms with Crippen LogP contribution >= 0.6 is 11.8 Å². The molecule has 1 atom stereocenters. The zero-order valence-electron chi connectivity index (χ0n) is 9.36. The van der Waals surface area contributed by atoms with Crippen molar-refractivity contribution in [3.63, 3.8) is 0 Å². The molecule has 0 bridgehead atoms. The standard InChI is InChI=1S/C12H18N2S/c1-9(15-2)6-14-7-10-4-3-5-12(13)11(10)8-14/h3-5,9H,6-8,13H2,1-2H3. The smallest absolute Gasteiger partial charge is 0.0363 e. The van der Waals surface area contributed by atoms with Gasteiger partial charge in [-0.3, -0.25) is 4.90 Å². The number of thioether (sulfide) groups is 1. The number of nitrogens with two attached hydrogens (primary N) is 1. The largest absolute Gasteiger partial charge is 0.398 e. The minimum atomic E-state index is 0.695. The average molecular weight is 222 g/mol. The fraction of sp³-hybridized carbons (Fsp3) is 0.500. The third-order valence-corrected chi connectivity index (χ3v) is 3.96. The Balaban J connectivity index is 2.06. The van der Waals surface area contributed by atoms with Crippen molar-refractivity contribution in [2.45, 2.75) is 25.3 Å². The highest BCUT2D eigenvalue weighted by Gasteiger charge is 2.21. The van der Waals surface area contributed by atoms with Gasteiger partial charge in [-0.15, -0.1) is 0 Å². The highest BCUT2D eigenvalue weighted by molar-refractivity contribution is 7.99. The maximum atomic E-state index is 5.97. The average Bonchev–Trinajstić information content (AvgIpc) is 2.62. The van der Waals surface area contributed by atoms with Crippen molar-refractivity contribution >= 4 is 17.4 Å². The molecule has 82 valence electrons. The fourth-order valence-corrected chi connectivity index (χ4v) is 2.44. The van der Waals surface area contributed by atoms with E-state index in [1.807, 2.05) is 17.8 Å². The first kappa shape index (κ1) is 10.8. The number of nitrogen functional groups attached to an aromatic ring is 1. The van der Waals surface area contributed by atoms with Gasteiger partial charge in [0.25, 0.3) is 0 Å². The van der Waals surface area contributed by atoms with Crippen LogP contribution in [0.1, 0.15) is 18.1 Å². The molecule has 0 spiro atoms. The normalized spacial score (nSPS) is 17.7. The Labute approximate surface area is 95.8 Å². The number of hydrogen-bond donors (Lipinski definition) is 1. The zero-order chi connectivity index (χ0) is 10.8. The summed E-state index contributed by atoms with van der Waals surface area (Å²) in [6.07, 6.45) is 2.17. The monoisotopic (exact) mass is 222 g/mol. The number of fused-ring (bicyclic) bond motifs is 1. The number of rotatable bonds is 3. The van der Waals surface area contributed by atoms with Crippen LogP contribution in [-0.4, -0.2) is 23.0 Å². The molecule has 0 amide bonds. The Morgan fingerprint density at radius 1 is 1.47 bits per heavy atom. The molecular weight excluding hydrogens is 204 g/mol. The minimum absolute atomic E-state index is 0.695. The third-order valence-electron chi connectivity index (χ3n) is 3.00. The van der Waals surface area contributed by atoms with Crippen molar-refractivity contribution in [1.82, 2.24) is 4.90 Å². The van der Waals surface area contributed by atoms with Gasteiger partial charge < -0.3 is 5.73 Å². The van der Waals surface area contributed by atoms with Crippen molar-refractivity contribution < 1.29 is 0 Å². The van der Waals surface area contributed by atoms with Gasteiger partial charge in [-0.2, -0.15) is 11.8 Å². The van der Waals surface area contributed by atoms with E-state index in [2.05, 4.69) is 30.2 Å². The van der Waals surface area contributed by atoms with Gasteiger partial charge >= 0.3 is 0 Å². The molecule has 15 heavy (non-hydrogen) atoms. The van der Waals surface area contributed by atoms with Crippen LogP contribution in [-0.2, 0) is 13.1 Å². The summed E-state index contributed by atoms with van der Waals surface area (Å²) in [5, 5.41) is 0.695. The summed E-state index contributed by atoms with van der Waals surface area (Å²) in [5.41, 5.74) is 9.66. The topological polar surface area (TPSA) is 29.3 Å². The first-order valence-corrected chi connectivity index (χ1v) is 6.61. The summed E-state index contributed by atoms with van der Waals surface area (Å²) >= 11 is 1.92. The Bertz CT molecular complexity index is 351. The molecule has 2 nitrogen and oxygen atoms in total. The lowest BCUT2D eigenvalue weighted by molar-refractivity contribution is 0.289. The van der Waals surface area contributed by atoms with Crippen molar-refractivity contribution in [3.05, 3.63) is 29.3 Å². The molecule has 0 radical (unpaired) electrons. The predicted octanol–water partition coefficient (Wildman–Crippen LogP) is 2.34. The molecule has 1 unspecified atom stereocenters. The summed E-state index contributed by atoms with van der Waals surface area (Å²) in [5.74, 6) is 0. The summed E-state index contributed by atoms with van der Waals surface area (Å²) < 4.78 is 0. The van der Waals surface area contributed by atoms with Crippen LogP contribution in [0.5, 0.6) is 0 Å². The SMILES string of the molecule is CSC(C)CN1Cc2cccc(N)c2C1. The first-order chi connectivity index (χ1) is 7.20. The molecule has 1 heterocycles. The van der Waals surface area contributed by atoms with Crippen molar-refractivity contribution in [1.29, 1.82) is 0 Å². The van der Waals surface area contributed by atoms with E-state index < -0.39 is 0 Å². The zero-order valence-corrected chi connectivity index (χ0v) is 10.2. The van der Waals surface area contributed by atoms with E-state index >= 15 is 0 Å². The van der Waals surface area contributed by atoms with E-state index in [0.29, 0.717) is 5.25 Å². The first-order valence-electron chi connectivity index (χ1n) is 5.32. The van der Waals surface area contributed by atoms with Gasteiger partial charge in [0.15, 0.2) is 0 Å². The number of hydrogen-bond acceptors (Lipinski definition) is 3. The van der Waals surface area contributed by atoms with Gasteiger partial charge in [-0.05, 0) is 23.4 Å². The number of benzene rings is 1. The Morgan fingerprint density at radius 3 is 2.93 bits per heavy atom. The van der Waals surface area contributed by atoms with Gasteiger partial charge in [0.05, 0.1) is 0 Å². The lowest BCUT2D eigenvalue weighted by atomic mass is 10.1. The van der Waals surface area contributed by atoms with E-state index in [1.165, 1.54) is 11.1 Å². The molecule has 0 saturated heterocycles. The molecule has 0 aromatic heterocycles. The minimum Gasteiger partial charge on any atom is -0.398 e. The van der Waals surface area contributed by atoms with E-state index in [-0.39, 0.29) is 0 Å². The van der Waals surface area contributed by atoms with Crippen LogP contribution in [0.25, 0.3) is 0 Å². The Hall–Kier alpha value is -0.670. The van der Waals surface area contributed by atoms with E-state index in [4.69, 9.17) is 5.73 Å². The summed E-state index contributed by atoms with van der Waals surface area (Å²) in [4.78, 5) is 2.47. The lowest BCUT2D eigenvalue weighted by Crippen LogP contribution is -2.24. The molecule has 2 rings (SSSR count). The van der Waals surface area contributed by atoms with Crippen LogP contribution < -0.4 is 5.73 Å². The van der Waals surface area contributed by atoms with Gasteiger partial charge in [0, 0.05) is 30.6 Å².